The number of carboxylic acids is 1. The summed E-state index contributed by atoms with van der Waals surface area (Å²) in [5.74, 6) is -0.257. The van der Waals surface area contributed by atoms with Crippen molar-refractivity contribution in [1.29, 1.82) is 0 Å². The van der Waals surface area contributed by atoms with Crippen molar-refractivity contribution in [2.24, 2.45) is 0 Å². The Balaban J connectivity index is 2.42. The second-order valence-electron chi connectivity index (χ2n) is 4.79. The Labute approximate surface area is 123 Å². The van der Waals surface area contributed by atoms with Crippen LogP contribution >= 0.6 is 0 Å². The van der Waals surface area contributed by atoms with Crippen LogP contribution in [0, 0.1) is 6.92 Å². The Hall–Kier alpha value is -2.69. The molecule has 0 aliphatic heterocycles. The SMILES string of the molecule is COc1ccc(N(C)c2cc(C)c(N)c(C(=O)O)c2)cc1. The lowest BCUT2D eigenvalue weighted by Crippen LogP contribution is -2.12. The smallest absolute Gasteiger partial charge is 0.337 e. The van der Waals surface area contributed by atoms with E-state index in [1.807, 2.05) is 42.3 Å². The lowest BCUT2D eigenvalue weighted by atomic mass is 10.1. The summed E-state index contributed by atoms with van der Waals surface area (Å²) in [7, 11) is 3.49. The number of carboxylic acid groups (broad SMARTS) is 1. The number of benzene rings is 2. The second kappa shape index (κ2) is 5.75. The molecule has 0 unspecified atom stereocenters. The van der Waals surface area contributed by atoms with Crippen molar-refractivity contribution in [2.45, 2.75) is 6.92 Å². The number of rotatable bonds is 4. The minimum atomic E-state index is -1.03. The maximum atomic E-state index is 11.3. The number of ether oxygens (including phenoxy) is 1. The molecule has 3 N–H and O–H groups in total. The molecule has 5 nitrogen and oxygen atoms in total. The monoisotopic (exact) mass is 286 g/mol. The van der Waals surface area contributed by atoms with E-state index in [0.29, 0.717) is 5.69 Å². The normalized spacial score (nSPS) is 10.2. The van der Waals surface area contributed by atoms with Gasteiger partial charge in [-0.05, 0) is 48.9 Å². The van der Waals surface area contributed by atoms with Gasteiger partial charge in [0, 0.05) is 24.1 Å². The van der Waals surface area contributed by atoms with Gasteiger partial charge >= 0.3 is 5.97 Å². The largest absolute Gasteiger partial charge is 0.497 e. The van der Waals surface area contributed by atoms with Crippen molar-refractivity contribution in [2.75, 3.05) is 24.8 Å². The standard InChI is InChI=1S/C16H18N2O3/c1-10-8-12(9-14(15(10)17)16(19)20)18(2)11-4-6-13(21-3)7-5-11/h4-9H,17H2,1-3H3,(H,19,20). The highest BCUT2D eigenvalue weighted by Crippen LogP contribution is 2.30. The highest BCUT2D eigenvalue weighted by molar-refractivity contribution is 5.96. The van der Waals surface area contributed by atoms with Gasteiger partial charge in [0.2, 0.25) is 0 Å². The van der Waals surface area contributed by atoms with E-state index in [2.05, 4.69) is 0 Å². The zero-order valence-electron chi connectivity index (χ0n) is 12.3. The molecule has 0 aliphatic rings. The molecule has 0 aromatic heterocycles. The van der Waals surface area contributed by atoms with E-state index in [1.165, 1.54) is 0 Å². The van der Waals surface area contributed by atoms with Crippen LogP contribution in [0.2, 0.25) is 0 Å². The molecule has 110 valence electrons. The number of anilines is 3. The van der Waals surface area contributed by atoms with Crippen LogP contribution in [0.5, 0.6) is 5.75 Å². The van der Waals surface area contributed by atoms with Crippen LogP contribution in [0.25, 0.3) is 0 Å². The number of nitrogens with two attached hydrogens (primary N) is 1. The third-order valence-electron chi connectivity index (χ3n) is 3.45. The summed E-state index contributed by atoms with van der Waals surface area (Å²) in [6.45, 7) is 1.80. The van der Waals surface area contributed by atoms with Crippen LogP contribution in [0.1, 0.15) is 15.9 Å². The van der Waals surface area contributed by atoms with Crippen LogP contribution in [0.15, 0.2) is 36.4 Å². The lowest BCUT2D eigenvalue weighted by Gasteiger charge is -2.21. The summed E-state index contributed by atoms with van der Waals surface area (Å²) in [6, 6.07) is 11.0. The Morgan fingerprint density at radius 2 is 1.81 bits per heavy atom. The maximum absolute atomic E-state index is 11.3. The van der Waals surface area contributed by atoms with Gasteiger partial charge in [0.05, 0.1) is 12.7 Å². The van der Waals surface area contributed by atoms with E-state index < -0.39 is 5.97 Å². The molecule has 0 radical (unpaired) electrons. The topological polar surface area (TPSA) is 75.8 Å². The predicted molar refractivity (Wildman–Crippen MR) is 83.6 cm³/mol. The van der Waals surface area contributed by atoms with Crippen molar-refractivity contribution >= 4 is 23.0 Å². The number of hydrogen-bond acceptors (Lipinski definition) is 4. The summed E-state index contributed by atoms with van der Waals surface area (Å²) in [5, 5.41) is 9.22. The fraction of sp³-hybridized carbons (Fsp3) is 0.188. The molecule has 0 bridgehead atoms. The van der Waals surface area contributed by atoms with Crippen LogP contribution in [0.4, 0.5) is 17.1 Å². The zero-order chi connectivity index (χ0) is 15.6. The quantitative estimate of drug-likeness (QED) is 0.845. The summed E-state index contributed by atoms with van der Waals surface area (Å²) >= 11 is 0. The first kappa shape index (κ1) is 14.7. The molecular formula is C16H18N2O3. The van der Waals surface area contributed by atoms with E-state index in [-0.39, 0.29) is 5.56 Å². The van der Waals surface area contributed by atoms with Crippen molar-refractivity contribution in [3.05, 3.63) is 47.5 Å². The van der Waals surface area contributed by atoms with E-state index in [4.69, 9.17) is 10.5 Å². The molecular weight excluding hydrogens is 268 g/mol. The summed E-state index contributed by atoms with van der Waals surface area (Å²) < 4.78 is 5.13. The van der Waals surface area contributed by atoms with Crippen LogP contribution in [-0.4, -0.2) is 25.2 Å². The summed E-state index contributed by atoms with van der Waals surface area (Å²) in [4.78, 5) is 13.2. The number of aromatic carboxylic acids is 1. The van der Waals surface area contributed by atoms with Gasteiger partial charge < -0.3 is 20.5 Å². The Morgan fingerprint density at radius 1 is 1.19 bits per heavy atom. The molecule has 0 saturated heterocycles. The van der Waals surface area contributed by atoms with Gasteiger partial charge in [-0.25, -0.2) is 4.79 Å². The van der Waals surface area contributed by atoms with Crippen LogP contribution in [-0.2, 0) is 0 Å². The van der Waals surface area contributed by atoms with Crippen molar-refractivity contribution in [3.63, 3.8) is 0 Å². The van der Waals surface area contributed by atoms with Gasteiger partial charge in [0.1, 0.15) is 5.75 Å². The van der Waals surface area contributed by atoms with Crippen molar-refractivity contribution in [1.82, 2.24) is 0 Å². The number of methoxy groups -OCH3 is 1. The summed E-state index contributed by atoms with van der Waals surface area (Å²) in [6.07, 6.45) is 0. The third kappa shape index (κ3) is 2.91. The molecule has 2 aromatic carbocycles. The first-order chi connectivity index (χ1) is 9.93. The molecule has 0 fully saturated rings. The average Bonchev–Trinajstić information content (AvgIpc) is 2.49. The van der Waals surface area contributed by atoms with E-state index in [0.717, 1.165) is 22.7 Å². The average molecular weight is 286 g/mol. The number of nitrogen functional groups attached to an aromatic ring is 1. The van der Waals surface area contributed by atoms with Gasteiger partial charge in [-0.1, -0.05) is 0 Å². The van der Waals surface area contributed by atoms with Crippen molar-refractivity contribution in [3.8, 4) is 5.75 Å². The highest BCUT2D eigenvalue weighted by Gasteiger charge is 2.14. The molecule has 0 amide bonds. The molecule has 0 aliphatic carbocycles. The Kier molecular flexibility index (Phi) is 4.03. The molecule has 2 rings (SSSR count). The molecule has 0 saturated carbocycles. The van der Waals surface area contributed by atoms with Crippen molar-refractivity contribution < 1.29 is 14.6 Å². The van der Waals surface area contributed by atoms with Crippen LogP contribution in [0.3, 0.4) is 0 Å². The zero-order valence-corrected chi connectivity index (χ0v) is 12.3. The molecule has 5 heteroatoms. The minimum Gasteiger partial charge on any atom is -0.497 e. The van der Waals surface area contributed by atoms with Gasteiger partial charge in [-0.2, -0.15) is 0 Å². The maximum Gasteiger partial charge on any atom is 0.337 e. The van der Waals surface area contributed by atoms with Crippen LogP contribution < -0.4 is 15.4 Å². The Morgan fingerprint density at radius 3 is 2.33 bits per heavy atom. The molecule has 0 atom stereocenters. The fourth-order valence-electron chi connectivity index (χ4n) is 2.10. The number of carbonyl (C=O) groups is 1. The van der Waals surface area contributed by atoms with E-state index in [1.54, 1.807) is 20.1 Å². The van der Waals surface area contributed by atoms with E-state index >= 15 is 0 Å². The third-order valence-corrected chi connectivity index (χ3v) is 3.45. The van der Waals surface area contributed by atoms with E-state index in [9.17, 15) is 9.90 Å². The first-order valence-corrected chi connectivity index (χ1v) is 6.45. The number of hydrogen-bond donors (Lipinski definition) is 2. The van der Waals surface area contributed by atoms with Gasteiger partial charge in [-0.15, -0.1) is 0 Å². The minimum absolute atomic E-state index is 0.116. The molecule has 2 aromatic rings. The predicted octanol–water partition coefficient (Wildman–Crippen LogP) is 3.05. The molecule has 21 heavy (non-hydrogen) atoms. The number of aryl methyl sites for hydroxylation is 1. The van der Waals surface area contributed by atoms with Gasteiger partial charge in [0.25, 0.3) is 0 Å². The van der Waals surface area contributed by atoms with Gasteiger partial charge in [-0.3, -0.25) is 0 Å². The lowest BCUT2D eigenvalue weighted by molar-refractivity contribution is 0.0698. The second-order valence-corrected chi connectivity index (χ2v) is 4.79. The molecule has 0 spiro atoms. The highest BCUT2D eigenvalue weighted by atomic mass is 16.5. The first-order valence-electron chi connectivity index (χ1n) is 6.45. The fourth-order valence-corrected chi connectivity index (χ4v) is 2.10. The van der Waals surface area contributed by atoms with Gasteiger partial charge in [0.15, 0.2) is 0 Å². The summed E-state index contributed by atoms with van der Waals surface area (Å²) in [5.41, 5.74) is 8.67. The molecule has 0 heterocycles. The number of nitrogens with zero attached hydrogens (tertiary/aromatic N) is 1. The Bertz CT molecular complexity index is 666.